The fourth-order valence-corrected chi connectivity index (χ4v) is 7.95. The SMILES string of the molecule is CC(C)C1(OC(=O)C2C3CC(C4COC(=O)C43)C2OC(=O)CN2CCSCC2)CCCC1. The molecule has 2 saturated heterocycles. The zero-order valence-electron chi connectivity index (χ0n) is 19.1. The number of fused-ring (bicyclic) bond motifs is 5. The molecule has 0 radical (unpaired) electrons. The van der Waals surface area contributed by atoms with Crippen LogP contribution in [0.2, 0.25) is 0 Å². The highest BCUT2D eigenvalue weighted by molar-refractivity contribution is 7.99. The highest BCUT2D eigenvalue weighted by Gasteiger charge is 2.67. The van der Waals surface area contributed by atoms with Crippen molar-refractivity contribution in [2.24, 2.45) is 35.5 Å². The number of ether oxygens (including phenoxy) is 3. The van der Waals surface area contributed by atoms with Crippen molar-refractivity contribution in [2.45, 2.75) is 57.7 Å². The number of nitrogens with zero attached hydrogens (tertiary/aromatic N) is 1. The first kappa shape index (κ1) is 22.5. The lowest BCUT2D eigenvalue weighted by Crippen LogP contribution is -2.49. The van der Waals surface area contributed by atoms with Crippen molar-refractivity contribution < 1.29 is 28.6 Å². The fourth-order valence-electron chi connectivity index (χ4n) is 6.97. The Balaban J connectivity index is 1.34. The van der Waals surface area contributed by atoms with Crippen LogP contribution in [-0.2, 0) is 28.6 Å². The first-order chi connectivity index (χ1) is 15.4. The molecule has 2 bridgehead atoms. The predicted molar refractivity (Wildman–Crippen MR) is 119 cm³/mol. The van der Waals surface area contributed by atoms with Gasteiger partial charge in [0.2, 0.25) is 0 Å². The molecule has 2 aliphatic heterocycles. The van der Waals surface area contributed by atoms with Gasteiger partial charge in [0.05, 0.1) is 25.0 Å². The monoisotopic (exact) mass is 465 g/mol. The number of hydrogen-bond donors (Lipinski definition) is 0. The summed E-state index contributed by atoms with van der Waals surface area (Å²) in [5, 5.41) is 0. The second-order valence-corrected chi connectivity index (χ2v) is 11.8. The minimum Gasteiger partial charge on any atom is -0.465 e. The van der Waals surface area contributed by atoms with Crippen molar-refractivity contribution in [3.63, 3.8) is 0 Å². The van der Waals surface area contributed by atoms with E-state index in [4.69, 9.17) is 14.2 Å². The van der Waals surface area contributed by atoms with Crippen molar-refractivity contribution in [3.05, 3.63) is 0 Å². The molecule has 2 heterocycles. The molecule has 3 saturated carbocycles. The summed E-state index contributed by atoms with van der Waals surface area (Å²) in [6.07, 6.45) is 4.10. The van der Waals surface area contributed by atoms with Gasteiger partial charge >= 0.3 is 17.9 Å². The molecule has 0 aromatic carbocycles. The van der Waals surface area contributed by atoms with Crippen molar-refractivity contribution >= 4 is 29.7 Å². The van der Waals surface area contributed by atoms with Crippen LogP contribution in [0, 0.1) is 35.5 Å². The van der Waals surface area contributed by atoms with Crippen molar-refractivity contribution in [3.8, 4) is 0 Å². The van der Waals surface area contributed by atoms with Gasteiger partial charge in [0.15, 0.2) is 0 Å². The maximum atomic E-state index is 13.6. The lowest BCUT2D eigenvalue weighted by Gasteiger charge is -2.39. The van der Waals surface area contributed by atoms with E-state index in [1.807, 2.05) is 11.8 Å². The third kappa shape index (κ3) is 3.85. The highest BCUT2D eigenvalue weighted by atomic mass is 32.2. The molecule has 5 rings (SSSR count). The van der Waals surface area contributed by atoms with E-state index in [2.05, 4.69) is 18.7 Å². The van der Waals surface area contributed by atoms with Crippen LogP contribution in [0.1, 0.15) is 46.0 Å². The molecule has 0 aromatic rings. The average molecular weight is 466 g/mol. The maximum Gasteiger partial charge on any atom is 0.320 e. The van der Waals surface area contributed by atoms with Crippen molar-refractivity contribution in [2.75, 3.05) is 37.7 Å². The van der Waals surface area contributed by atoms with Gasteiger partial charge in [-0.15, -0.1) is 0 Å². The van der Waals surface area contributed by atoms with E-state index in [1.165, 1.54) is 0 Å². The van der Waals surface area contributed by atoms with E-state index < -0.39 is 17.6 Å². The molecule has 6 atom stereocenters. The molecule has 5 fully saturated rings. The van der Waals surface area contributed by atoms with Gasteiger partial charge in [-0.1, -0.05) is 13.8 Å². The molecule has 0 aromatic heterocycles. The van der Waals surface area contributed by atoms with Crippen LogP contribution < -0.4 is 0 Å². The molecule has 0 amide bonds. The molecule has 178 valence electrons. The number of thioether (sulfide) groups is 1. The molecule has 3 aliphatic carbocycles. The van der Waals surface area contributed by atoms with Gasteiger partial charge in [0.25, 0.3) is 0 Å². The number of cyclic esters (lactones) is 1. The van der Waals surface area contributed by atoms with Crippen LogP contribution >= 0.6 is 11.8 Å². The Bertz CT molecular complexity index is 760. The van der Waals surface area contributed by atoms with Crippen LogP contribution in [0.4, 0.5) is 0 Å². The molecule has 0 N–H and O–H groups in total. The second kappa shape index (κ2) is 8.82. The molecule has 6 unspecified atom stereocenters. The standard InChI is InChI=1S/C24H35NO6S/c1-14(2)24(5-3-4-6-24)31-23(28)20-16-11-15(17-13-29-22(27)19(16)17)21(20)30-18(26)12-25-7-9-32-10-8-25/h14-17,19-21H,3-13H2,1-2H3. The van der Waals surface area contributed by atoms with Crippen molar-refractivity contribution in [1.82, 2.24) is 4.90 Å². The van der Waals surface area contributed by atoms with E-state index in [1.54, 1.807) is 0 Å². The molecule has 5 aliphatic rings. The first-order valence-corrected chi connectivity index (χ1v) is 13.4. The molecule has 8 heteroatoms. The van der Waals surface area contributed by atoms with Gasteiger partial charge in [-0.2, -0.15) is 11.8 Å². The number of carbonyl (C=O) groups is 3. The second-order valence-electron chi connectivity index (χ2n) is 10.6. The number of hydrogen-bond acceptors (Lipinski definition) is 8. The van der Waals surface area contributed by atoms with Gasteiger partial charge in [-0.3, -0.25) is 19.3 Å². The van der Waals surface area contributed by atoms with Crippen LogP contribution in [0.25, 0.3) is 0 Å². The fraction of sp³-hybridized carbons (Fsp3) is 0.875. The van der Waals surface area contributed by atoms with E-state index in [0.717, 1.165) is 56.7 Å². The van der Waals surface area contributed by atoms with Crippen LogP contribution in [0.15, 0.2) is 0 Å². The first-order valence-electron chi connectivity index (χ1n) is 12.3. The van der Waals surface area contributed by atoms with E-state index in [-0.39, 0.29) is 54.0 Å². The average Bonchev–Trinajstić information content (AvgIpc) is 3.52. The Labute approximate surface area is 194 Å². The van der Waals surface area contributed by atoms with Gasteiger partial charge in [0, 0.05) is 36.4 Å². The van der Waals surface area contributed by atoms with E-state index in [9.17, 15) is 14.4 Å². The number of rotatable bonds is 6. The van der Waals surface area contributed by atoms with Crippen LogP contribution in [-0.4, -0.2) is 72.3 Å². The summed E-state index contributed by atoms with van der Waals surface area (Å²) in [4.78, 5) is 41.0. The summed E-state index contributed by atoms with van der Waals surface area (Å²) in [5.41, 5.74) is -0.436. The summed E-state index contributed by atoms with van der Waals surface area (Å²) in [7, 11) is 0. The molecule has 7 nitrogen and oxygen atoms in total. The molecular weight excluding hydrogens is 430 g/mol. The molecular formula is C24H35NO6S. The van der Waals surface area contributed by atoms with E-state index in [0.29, 0.717) is 6.61 Å². The summed E-state index contributed by atoms with van der Waals surface area (Å²) in [6.45, 7) is 6.61. The van der Waals surface area contributed by atoms with Gasteiger partial charge in [0.1, 0.15) is 11.7 Å². The maximum absolute atomic E-state index is 13.6. The summed E-state index contributed by atoms with van der Waals surface area (Å²) in [6, 6.07) is 0. The van der Waals surface area contributed by atoms with Gasteiger partial charge in [-0.05, 0) is 43.9 Å². The van der Waals surface area contributed by atoms with Gasteiger partial charge < -0.3 is 14.2 Å². The Hall–Kier alpha value is -1.28. The Morgan fingerprint density at radius 3 is 2.56 bits per heavy atom. The van der Waals surface area contributed by atoms with E-state index >= 15 is 0 Å². The zero-order chi connectivity index (χ0) is 22.5. The summed E-state index contributed by atoms with van der Waals surface area (Å²) in [5.74, 6) is 0.599. The summed E-state index contributed by atoms with van der Waals surface area (Å²) >= 11 is 1.90. The topological polar surface area (TPSA) is 82.1 Å². The Kier molecular flexibility index (Phi) is 6.20. The molecule has 0 spiro atoms. The lowest BCUT2D eigenvalue weighted by atomic mass is 9.73. The Morgan fingerprint density at radius 1 is 1.16 bits per heavy atom. The normalized spacial score (nSPS) is 38.0. The smallest absolute Gasteiger partial charge is 0.320 e. The largest absolute Gasteiger partial charge is 0.465 e. The molecule has 32 heavy (non-hydrogen) atoms. The third-order valence-corrected chi connectivity index (χ3v) is 9.69. The number of esters is 3. The Morgan fingerprint density at radius 2 is 1.88 bits per heavy atom. The summed E-state index contributed by atoms with van der Waals surface area (Å²) < 4.78 is 17.6. The third-order valence-electron chi connectivity index (χ3n) is 8.75. The minimum absolute atomic E-state index is 0.00607. The number of carbonyl (C=O) groups excluding carboxylic acids is 3. The zero-order valence-corrected chi connectivity index (χ0v) is 19.9. The van der Waals surface area contributed by atoms with Crippen LogP contribution in [0.3, 0.4) is 0 Å². The minimum atomic E-state index is -0.566. The quantitative estimate of drug-likeness (QED) is 0.437. The highest BCUT2D eigenvalue weighted by Crippen LogP contribution is 2.59. The van der Waals surface area contributed by atoms with Gasteiger partial charge in [-0.25, -0.2) is 0 Å². The lowest BCUT2D eigenvalue weighted by molar-refractivity contribution is -0.183. The predicted octanol–water partition coefficient (Wildman–Crippen LogP) is 2.51. The van der Waals surface area contributed by atoms with Crippen molar-refractivity contribution in [1.29, 1.82) is 0 Å². The van der Waals surface area contributed by atoms with Crippen LogP contribution in [0.5, 0.6) is 0 Å².